The molecule has 0 fully saturated rings. The molecule has 1 amide bonds. The van der Waals surface area contributed by atoms with Gasteiger partial charge in [-0.2, -0.15) is 0 Å². The highest BCUT2D eigenvalue weighted by Crippen LogP contribution is 2.29. The van der Waals surface area contributed by atoms with E-state index in [-0.39, 0.29) is 22.9 Å². The Bertz CT molecular complexity index is 884. The third-order valence-corrected chi connectivity index (χ3v) is 4.03. The summed E-state index contributed by atoms with van der Waals surface area (Å²) in [4.78, 5) is 23.9. The molecule has 5 nitrogen and oxygen atoms in total. The normalized spacial score (nSPS) is 10.5. The number of phenolic OH excluding ortho intramolecular Hbond substituents is 1. The molecule has 130 valence electrons. The van der Waals surface area contributed by atoms with Crippen LogP contribution in [0.15, 0.2) is 78.9 Å². The molecule has 0 aliphatic carbocycles. The number of carboxylic acid groups (broad SMARTS) is 1. The van der Waals surface area contributed by atoms with Crippen molar-refractivity contribution in [3.63, 3.8) is 0 Å². The van der Waals surface area contributed by atoms with Gasteiger partial charge in [-0.05, 0) is 29.3 Å². The maximum Gasteiger partial charge on any atom is 0.335 e. The topological polar surface area (TPSA) is 86.6 Å². The Balaban J connectivity index is 1.93. The summed E-state index contributed by atoms with van der Waals surface area (Å²) in [5.41, 5.74) is 1.75. The first-order valence-electron chi connectivity index (χ1n) is 8.03. The standard InChI is InChI=1S/C21H17NO4/c23-18-13-16(21(25)26)11-12-17(18)22-20(24)19(14-7-3-1-4-8-14)15-9-5-2-6-10-15/h1-13,19,23H,(H,22,24)(H,25,26). The summed E-state index contributed by atoms with van der Waals surface area (Å²) in [5.74, 6) is -2.32. The number of nitrogens with one attached hydrogen (secondary N) is 1. The minimum absolute atomic E-state index is 0.0526. The number of amides is 1. The van der Waals surface area contributed by atoms with Crippen molar-refractivity contribution in [1.29, 1.82) is 0 Å². The van der Waals surface area contributed by atoms with Gasteiger partial charge in [0.2, 0.25) is 5.91 Å². The molecule has 3 rings (SSSR count). The van der Waals surface area contributed by atoms with E-state index in [9.17, 15) is 14.7 Å². The minimum atomic E-state index is -1.15. The highest BCUT2D eigenvalue weighted by atomic mass is 16.4. The zero-order valence-corrected chi connectivity index (χ0v) is 13.8. The van der Waals surface area contributed by atoms with Crippen molar-refractivity contribution < 1.29 is 19.8 Å². The van der Waals surface area contributed by atoms with E-state index in [0.717, 1.165) is 17.2 Å². The van der Waals surface area contributed by atoms with Gasteiger partial charge >= 0.3 is 5.97 Å². The van der Waals surface area contributed by atoms with Crippen molar-refractivity contribution in [2.45, 2.75) is 5.92 Å². The Hall–Kier alpha value is -3.60. The van der Waals surface area contributed by atoms with Crippen LogP contribution >= 0.6 is 0 Å². The largest absolute Gasteiger partial charge is 0.506 e. The Morgan fingerprint density at radius 3 is 1.81 bits per heavy atom. The first-order valence-corrected chi connectivity index (χ1v) is 8.03. The molecule has 0 heterocycles. The van der Waals surface area contributed by atoms with Crippen molar-refractivity contribution >= 4 is 17.6 Å². The molecule has 0 aliphatic rings. The van der Waals surface area contributed by atoms with E-state index >= 15 is 0 Å². The first-order chi connectivity index (χ1) is 12.6. The van der Waals surface area contributed by atoms with Gasteiger partial charge in [-0.3, -0.25) is 4.79 Å². The summed E-state index contributed by atoms with van der Waals surface area (Å²) in [6, 6.07) is 22.5. The molecular formula is C21H17NO4. The number of hydrogen-bond acceptors (Lipinski definition) is 3. The lowest BCUT2D eigenvalue weighted by molar-refractivity contribution is -0.116. The highest BCUT2D eigenvalue weighted by molar-refractivity contribution is 5.99. The lowest BCUT2D eigenvalue weighted by Gasteiger charge is -2.18. The molecule has 0 bridgehead atoms. The number of hydrogen-bond donors (Lipinski definition) is 3. The fourth-order valence-electron chi connectivity index (χ4n) is 2.76. The summed E-state index contributed by atoms with van der Waals surface area (Å²) in [5, 5.41) is 21.7. The van der Waals surface area contributed by atoms with Crippen molar-refractivity contribution in [1.82, 2.24) is 0 Å². The summed E-state index contributed by atoms with van der Waals surface area (Å²) in [6.45, 7) is 0. The van der Waals surface area contributed by atoms with E-state index in [0.29, 0.717) is 0 Å². The van der Waals surface area contributed by atoms with Crippen LogP contribution in [0.2, 0.25) is 0 Å². The second-order valence-corrected chi connectivity index (χ2v) is 5.78. The summed E-state index contributed by atoms with van der Waals surface area (Å²) in [6.07, 6.45) is 0. The van der Waals surface area contributed by atoms with Crippen LogP contribution in [0, 0.1) is 0 Å². The second-order valence-electron chi connectivity index (χ2n) is 5.78. The Labute approximate surface area is 150 Å². The molecular weight excluding hydrogens is 330 g/mol. The van der Waals surface area contributed by atoms with Crippen molar-refractivity contribution in [2.24, 2.45) is 0 Å². The van der Waals surface area contributed by atoms with E-state index in [4.69, 9.17) is 5.11 Å². The molecule has 0 aromatic heterocycles. The number of carbonyl (C=O) groups is 2. The fourth-order valence-corrected chi connectivity index (χ4v) is 2.76. The molecule has 0 saturated heterocycles. The maximum atomic E-state index is 12.9. The van der Waals surface area contributed by atoms with Gasteiger partial charge in [0.1, 0.15) is 5.75 Å². The van der Waals surface area contributed by atoms with Crippen LogP contribution in [-0.2, 0) is 4.79 Å². The predicted octanol–water partition coefficient (Wildman–Crippen LogP) is 3.86. The van der Waals surface area contributed by atoms with Crippen LogP contribution in [-0.4, -0.2) is 22.1 Å². The molecule has 5 heteroatoms. The van der Waals surface area contributed by atoms with Crippen molar-refractivity contribution in [3.05, 3.63) is 95.6 Å². The van der Waals surface area contributed by atoms with Crippen LogP contribution in [0.3, 0.4) is 0 Å². The average Bonchev–Trinajstić information content (AvgIpc) is 2.65. The molecule has 0 aliphatic heterocycles. The third kappa shape index (κ3) is 3.72. The molecule has 0 saturated carbocycles. The molecule has 26 heavy (non-hydrogen) atoms. The number of aromatic carboxylic acids is 1. The molecule has 0 spiro atoms. The number of benzene rings is 3. The Morgan fingerprint density at radius 1 is 0.808 bits per heavy atom. The van der Waals surface area contributed by atoms with Crippen molar-refractivity contribution in [3.8, 4) is 5.75 Å². The molecule has 3 aromatic rings. The van der Waals surface area contributed by atoms with E-state index < -0.39 is 11.9 Å². The van der Waals surface area contributed by atoms with Crippen LogP contribution in [0.5, 0.6) is 5.75 Å². The smallest absolute Gasteiger partial charge is 0.335 e. The number of carboxylic acids is 1. The van der Waals surface area contributed by atoms with Gasteiger partial charge in [-0.25, -0.2) is 4.79 Å². The fraction of sp³-hybridized carbons (Fsp3) is 0.0476. The van der Waals surface area contributed by atoms with Crippen molar-refractivity contribution in [2.75, 3.05) is 5.32 Å². The zero-order valence-electron chi connectivity index (χ0n) is 13.8. The summed E-state index contributed by atoms with van der Waals surface area (Å²) in [7, 11) is 0. The lowest BCUT2D eigenvalue weighted by atomic mass is 9.90. The lowest BCUT2D eigenvalue weighted by Crippen LogP contribution is -2.22. The quantitative estimate of drug-likeness (QED) is 0.612. The van der Waals surface area contributed by atoms with E-state index in [1.165, 1.54) is 12.1 Å². The number of rotatable bonds is 5. The van der Waals surface area contributed by atoms with Crippen LogP contribution in [0.4, 0.5) is 5.69 Å². The maximum absolute atomic E-state index is 12.9. The highest BCUT2D eigenvalue weighted by Gasteiger charge is 2.23. The molecule has 0 radical (unpaired) electrons. The third-order valence-electron chi connectivity index (χ3n) is 4.03. The summed E-state index contributed by atoms with van der Waals surface area (Å²) < 4.78 is 0. The number of phenols is 1. The molecule has 0 unspecified atom stereocenters. The van der Waals surface area contributed by atoms with Gasteiger partial charge in [-0.1, -0.05) is 60.7 Å². The monoisotopic (exact) mass is 347 g/mol. The Morgan fingerprint density at radius 2 is 1.35 bits per heavy atom. The molecule has 3 N–H and O–H groups in total. The van der Waals surface area contributed by atoms with E-state index in [2.05, 4.69) is 5.32 Å². The van der Waals surface area contributed by atoms with Crippen LogP contribution in [0.25, 0.3) is 0 Å². The summed E-state index contributed by atoms with van der Waals surface area (Å²) >= 11 is 0. The van der Waals surface area contributed by atoms with Gasteiger partial charge in [0, 0.05) is 0 Å². The van der Waals surface area contributed by atoms with Crippen LogP contribution in [0.1, 0.15) is 27.4 Å². The van der Waals surface area contributed by atoms with Gasteiger partial charge in [0.25, 0.3) is 0 Å². The Kier molecular flexibility index (Phi) is 4.99. The van der Waals surface area contributed by atoms with Gasteiger partial charge in [0.05, 0.1) is 17.2 Å². The predicted molar refractivity (Wildman–Crippen MR) is 98.4 cm³/mol. The van der Waals surface area contributed by atoms with Gasteiger partial charge in [0.15, 0.2) is 0 Å². The minimum Gasteiger partial charge on any atom is -0.506 e. The first kappa shape index (κ1) is 17.2. The molecule has 3 aromatic carbocycles. The second kappa shape index (κ2) is 7.53. The van der Waals surface area contributed by atoms with Gasteiger partial charge in [-0.15, -0.1) is 0 Å². The van der Waals surface area contributed by atoms with E-state index in [1.54, 1.807) is 0 Å². The SMILES string of the molecule is O=C(O)c1ccc(NC(=O)C(c2ccccc2)c2ccccc2)c(O)c1. The average molecular weight is 347 g/mol. The molecule has 0 atom stereocenters. The number of carbonyl (C=O) groups excluding carboxylic acids is 1. The zero-order chi connectivity index (χ0) is 18.5. The van der Waals surface area contributed by atoms with Crippen LogP contribution < -0.4 is 5.32 Å². The number of aromatic hydroxyl groups is 1. The number of anilines is 1. The van der Waals surface area contributed by atoms with Gasteiger partial charge < -0.3 is 15.5 Å². The van der Waals surface area contributed by atoms with E-state index in [1.807, 2.05) is 60.7 Å².